The van der Waals surface area contributed by atoms with Crippen molar-refractivity contribution in [3.8, 4) is 11.5 Å². The number of hydrogen-bond acceptors (Lipinski definition) is 4. The smallest absolute Gasteiger partial charge is 0.274 e. The molecule has 2 N–H and O–H groups in total. The number of benzene rings is 2. The molecular formula is C20H15BrF2N2O4. The summed E-state index contributed by atoms with van der Waals surface area (Å²) in [4.78, 5) is 24.1. The molecule has 0 aliphatic carbocycles. The lowest BCUT2D eigenvalue weighted by molar-refractivity contribution is 0.0706. The van der Waals surface area contributed by atoms with E-state index in [2.05, 4.69) is 15.9 Å². The van der Waals surface area contributed by atoms with Gasteiger partial charge in [-0.15, -0.1) is 0 Å². The molecule has 0 atom stereocenters. The highest BCUT2D eigenvalue weighted by Crippen LogP contribution is 2.30. The van der Waals surface area contributed by atoms with Crippen LogP contribution in [0.2, 0.25) is 0 Å². The number of amides is 1. The Morgan fingerprint density at radius 2 is 1.83 bits per heavy atom. The van der Waals surface area contributed by atoms with E-state index in [4.69, 9.17) is 9.94 Å². The van der Waals surface area contributed by atoms with Gasteiger partial charge in [0.2, 0.25) is 0 Å². The molecule has 0 aliphatic heterocycles. The van der Waals surface area contributed by atoms with Crippen molar-refractivity contribution < 1.29 is 23.5 Å². The first-order chi connectivity index (χ1) is 13.8. The minimum atomic E-state index is -0.884. The van der Waals surface area contributed by atoms with Gasteiger partial charge < -0.3 is 9.30 Å². The van der Waals surface area contributed by atoms with E-state index in [-0.39, 0.29) is 28.1 Å². The predicted molar refractivity (Wildman–Crippen MR) is 104 cm³/mol. The number of aromatic nitrogens is 1. The first-order valence-electron chi connectivity index (χ1n) is 8.36. The molecule has 9 heteroatoms. The van der Waals surface area contributed by atoms with E-state index < -0.39 is 23.1 Å². The molecule has 1 amide bonds. The Bertz CT molecular complexity index is 1130. The van der Waals surface area contributed by atoms with E-state index in [1.807, 2.05) is 0 Å². The lowest BCUT2D eigenvalue weighted by Gasteiger charge is -2.15. The van der Waals surface area contributed by atoms with Gasteiger partial charge in [0.25, 0.3) is 11.5 Å². The van der Waals surface area contributed by atoms with Crippen LogP contribution in [0.3, 0.4) is 0 Å². The first kappa shape index (κ1) is 20.7. The van der Waals surface area contributed by atoms with Gasteiger partial charge in [0, 0.05) is 23.4 Å². The molecule has 1 aromatic heterocycles. The molecule has 150 valence electrons. The number of hydrogen-bond donors (Lipinski definition) is 2. The fourth-order valence-electron chi connectivity index (χ4n) is 2.67. The lowest BCUT2D eigenvalue weighted by atomic mass is 10.1. The normalized spacial score (nSPS) is 10.7. The Morgan fingerprint density at radius 3 is 2.45 bits per heavy atom. The van der Waals surface area contributed by atoms with Gasteiger partial charge in [0.15, 0.2) is 11.6 Å². The van der Waals surface area contributed by atoms with Gasteiger partial charge in [0.05, 0.1) is 6.54 Å². The molecule has 0 bridgehead atoms. The van der Waals surface area contributed by atoms with Crippen molar-refractivity contribution in [2.24, 2.45) is 0 Å². The van der Waals surface area contributed by atoms with Gasteiger partial charge in [-0.05, 0) is 52.7 Å². The van der Waals surface area contributed by atoms with Crippen LogP contribution in [0.4, 0.5) is 8.78 Å². The van der Waals surface area contributed by atoms with Gasteiger partial charge in [-0.3, -0.25) is 14.8 Å². The summed E-state index contributed by atoms with van der Waals surface area (Å²) in [6, 6.07) is 10.8. The van der Waals surface area contributed by atoms with E-state index in [1.165, 1.54) is 16.7 Å². The molecule has 0 aliphatic rings. The quantitative estimate of drug-likeness (QED) is 0.438. The van der Waals surface area contributed by atoms with Crippen LogP contribution in [0.25, 0.3) is 0 Å². The van der Waals surface area contributed by atoms with Gasteiger partial charge in [-0.1, -0.05) is 12.1 Å². The molecule has 3 rings (SSSR count). The zero-order valence-electron chi connectivity index (χ0n) is 15.1. The Labute approximate surface area is 172 Å². The number of nitrogens with one attached hydrogen (secondary N) is 1. The highest BCUT2D eigenvalue weighted by Gasteiger charge is 2.15. The van der Waals surface area contributed by atoms with Gasteiger partial charge in [-0.2, -0.15) is 0 Å². The molecule has 29 heavy (non-hydrogen) atoms. The van der Waals surface area contributed by atoms with Crippen LogP contribution in [0.1, 0.15) is 21.6 Å². The number of hydroxylamine groups is 1. The standard InChI is InChI=1S/C20H15BrF2N2O4/c1-11-8-17(29-16-7-6-14(22)9-15(16)23)18(21)20(27)25(11)10-12-2-4-13(5-3-12)19(26)24-28/h2-9,28H,10H2,1H3,(H,24,26). The maximum Gasteiger partial charge on any atom is 0.274 e. The molecule has 1 heterocycles. The molecule has 0 radical (unpaired) electrons. The monoisotopic (exact) mass is 464 g/mol. The zero-order chi connectivity index (χ0) is 21.1. The molecule has 0 saturated heterocycles. The van der Waals surface area contributed by atoms with Crippen LogP contribution in [0.15, 0.2) is 57.8 Å². The van der Waals surface area contributed by atoms with Gasteiger partial charge >= 0.3 is 0 Å². The molecule has 2 aromatic carbocycles. The second-order valence-electron chi connectivity index (χ2n) is 6.17. The third kappa shape index (κ3) is 4.52. The predicted octanol–water partition coefficient (Wildman–Crippen LogP) is 4.16. The van der Waals surface area contributed by atoms with Crippen molar-refractivity contribution in [3.05, 3.63) is 91.8 Å². The number of nitrogens with zero attached hydrogens (tertiary/aromatic N) is 1. The van der Waals surface area contributed by atoms with Crippen molar-refractivity contribution in [2.75, 3.05) is 0 Å². The summed E-state index contributed by atoms with van der Waals surface area (Å²) in [5, 5.41) is 8.65. The molecule has 0 fully saturated rings. The van der Waals surface area contributed by atoms with E-state index >= 15 is 0 Å². The fourth-order valence-corrected chi connectivity index (χ4v) is 3.08. The van der Waals surface area contributed by atoms with Crippen molar-refractivity contribution in [1.82, 2.24) is 10.0 Å². The van der Waals surface area contributed by atoms with Crippen LogP contribution >= 0.6 is 15.9 Å². The molecule has 0 spiro atoms. The SMILES string of the molecule is Cc1cc(Oc2ccc(F)cc2F)c(Br)c(=O)n1Cc1ccc(C(=O)NO)cc1. The van der Waals surface area contributed by atoms with Gasteiger partial charge in [0.1, 0.15) is 16.0 Å². The van der Waals surface area contributed by atoms with Gasteiger partial charge in [-0.25, -0.2) is 14.3 Å². The molecular weight excluding hydrogens is 450 g/mol. The second kappa shape index (κ2) is 8.54. The number of rotatable bonds is 5. The Morgan fingerprint density at radius 1 is 1.14 bits per heavy atom. The van der Waals surface area contributed by atoms with Crippen LogP contribution in [-0.4, -0.2) is 15.7 Å². The summed E-state index contributed by atoms with van der Waals surface area (Å²) >= 11 is 3.18. The van der Waals surface area contributed by atoms with E-state index in [9.17, 15) is 18.4 Å². The number of halogens is 3. The summed E-state index contributed by atoms with van der Waals surface area (Å²) in [5.74, 6) is -2.36. The molecule has 3 aromatic rings. The van der Waals surface area contributed by atoms with Crippen LogP contribution < -0.4 is 15.8 Å². The summed E-state index contributed by atoms with van der Waals surface area (Å²) in [6.45, 7) is 1.91. The van der Waals surface area contributed by atoms with Crippen molar-refractivity contribution in [1.29, 1.82) is 0 Å². The van der Waals surface area contributed by atoms with Crippen molar-refractivity contribution in [3.63, 3.8) is 0 Å². The van der Waals surface area contributed by atoms with E-state index in [0.717, 1.165) is 17.7 Å². The Balaban J connectivity index is 1.89. The Hall–Kier alpha value is -3.04. The minimum absolute atomic E-state index is 0.0862. The van der Waals surface area contributed by atoms with Crippen LogP contribution in [0.5, 0.6) is 11.5 Å². The maximum absolute atomic E-state index is 13.8. The lowest BCUT2D eigenvalue weighted by Crippen LogP contribution is -2.24. The first-order valence-corrected chi connectivity index (χ1v) is 9.15. The van der Waals surface area contributed by atoms with E-state index in [1.54, 1.807) is 30.6 Å². The summed E-state index contributed by atoms with van der Waals surface area (Å²) < 4.78 is 33.9. The highest BCUT2D eigenvalue weighted by molar-refractivity contribution is 9.10. The molecule has 0 saturated carbocycles. The third-order valence-electron chi connectivity index (χ3n) is 4.19. The maximum atomic E-state index is 13.8. The zero-order valence-corrected chi connectivity index (χ0v) is 16.7. The fraction of sp³-hybridized carbons (Fsp3) is 0.100. The minimum Gasteiger partial charge on any atom is -0.453 e. The molecule has 6 nitrogen and oxygen atoms in total. The summed E-state index contributed by atoms with van der Waals surface area (Å²) in [6.07, 6.45) is 0. The second-order valence-corrected chi connectivity index (χ2v) is 6.96. The summed E-state index contributed by atoms with van der Waals surface area (Å²) in [7, 11) is 0. The number of pyridine rings is 1. The molecule has 0 unspecified atom stereocenters. The average molecular weight is 465 g/mol. The number of aryl methyl sites for hydroxylation is 1. The third-order valence-corrected chi connectivity index (χ3v) is 4.92. The highest BCUT2D eigenvalue weighted by atomic mass is 79.9. The van der Waals surface area contributed by atoms with Crippen LogP contribution in [-0.2, 0) is 6.54 Å². The Kier molecular flexibility index (Phi) is 6.09. The summed E-state index contributed by atoms with van der Waals surface area (Å²) in [5.41, 5.74) is 2.71. The number of carbonyl (C=O) groups is 1. The average Bonchev–Trinajstić information content (AvgIpc) is 2.71. The van der Waals surface area contributed by atoms with Crippen LogP contribution in [0, 0.1) is 18.6 Å². The van der Waals surface area contributed by atoms with Crippen molar-refractivity contribution in [2.45, 2.75) is 13.5 Å². The van der Waals surface area contributed by atoms with E-state index in [0.29, 0.717) is 11.8 Å². The topological polar surface area (TPSA) is 80.6 Å². The number of ether oxygens (including phenoxy) is 1. The number of carbonyl (C=O) groups excluding carboxylic acids is 1. The van der Waals surface area contributed by atoms with Crippen molar-refractivity contribution >= 4 is 21.8 Å². The largest absolute Gasteiger partial charge is 0.453 e.